The lowest BCUT2D eigenvalue weighted by atomic mass is 10.1. The monoisotopic (exact) mass is 439 g/mol. The minimum Gasteiger partial charge on any atom is -0.335 e. The first-order chi connectivity index (χ1) is 13.6. The van der Waals surface area contributed by atoms with E-state index in [2.05, 4.69) is 31.1 Å². The van der Waals surface area contributed by atoms with E-state index >= 15 is 0 Å². The fraction of sp³-hybridized carbons (Fsp3) is 0.200. The highest BCUT2D eigenvalue weighted by atomic mass is 79.9. The van der Waals surface area contributed by atoms with Crippen molar-refractivity contribution in [3.05, 3.63) is 70.6 Å². The van der Waals surface area contributed by atoms with Crippen molar-refractivity contribution >= 4 is 27.7 Å². The summed E-state index contributed by atoms with van der Waals surface area (Å²) in [6.45, 7) is 1.99. The Hall–Kier alpha value is -3.00. The average Bonchev–Trinajstić information content (AvgIpc) is 3.24. The van der Waals surface area contributed by atoms with Gasteiger partial charge in [0.05, 0.1) is 5.69 Å². The number of pyridine rings is 1. The van der Waals surface area contributed by atoms with Crippen LogP contribution in [-0.2, 0) is 0 Å². The molecule has 7 nitrogen and oxygen atoms in total. The third kappa shape index (κ3) is 3.82. The second-order valence-electron chi connectivity index (χ2n) is 6.49. The minimum atomic E-state index is -0.108. The van der Waals surface area contributed by atoms with Gasteiger partial charge < -0.3 is 9.80 Å². The molecule has 3 heterocycles. The van der Waals surface area contributed by atoms with Crippen LogP contribution in [0.1, 0.15) is 20.8 Å². The van der Waals surface area contributed by atoms with Crippen LogP contribution in [0.4, 0.5) is 0 Å². The number of amides is 2. The zero-order valence-electron chi connectivity index (χ0n) is 15.0. The minimum absolute atomic E-state index is 0.0129. The summed E-state index contributed by atoms with van der Waals surface area (Å²) >= 11 is 3.37. The Kier molecular flexibility index (Phi) is 5.21. The number of hydrogen-bond acceptors (Lipinski definition) is 4. The summed E-state index contributed by atoms with van der Waals surface area (Å²) in [5.74, 6) is -0.121. The molecule has 142 valence electrons. The number of carbonyl (C=O) groups excluding carboxylic acids is 2. The Morgan fingerprint density at radius 1 is 0.893 bits per heavy atom. The molecule has 0 aliphatic carbocycles. The first-order valence-corrected chi connectivity index (χ1v) is 9.71. The molecule has 0 saturated carbocycles. The Balaban J connectivity index is 1.38. The van der Waals surface area contributed by atoms with Crippen LogP contribution in [0, 0.1) is 0 Å². The van der Waals surface area contributed by atoms with E-state index in [1.54, 1.807) is 40.4 Å². The fourth-order valence-electron chi connectivity index (χ4n) is 3.16. The normalized spacial score (nSPS) is 14.2. The third-order valence-corrected chi connectivity index (χ3v) is 5.26. The Morgan fingerprint density at radius 2 is 1.50 bits per heavy atom. The predicted molar refractivity (Wildman–Crippen MR) is 108 cm³/mol. The van der Waals surface area contributed by atoms with Crippen molar-refractivity contribution in [3.63, 3.8) is 0 Å². The van der Waals surface area contributed by atoms with Gasteiger partial charge in [0.15, 0.2) is 0 Å². The van der Waals surface area contributed by atoms with Crippen LogP contribution in [0.2, 0.25) is 0 Å². The number of rotatable bonds is 3. The van der Waals surface area contributed by atoms with Gasteiger partial charge in [0, 0.05) is 54.2 Å². The summed E-state index contributed by atoms with van der Waals surface area (Å²) in [5, 5.41) is 7.04. The smallest absolute Gasteiger partial charge is 0.272 e. The van der Waals surface area contributed by atoms with E-state index in [0.29, 0.717) is 43.1 Å². The lowest BCUT2D eigenvalue weighted by Crippen LogP contribution is -2.50. The van der Waals surface area contributed by atoms with E-state index in [-0.39, 0.29) is 11.8 Å². The van der Waals surface area contributed by atoms with Crippen molar-refractivity contribution in [2.24, 2.45) is 0 Å². The fourth-order valence-corrected chi connectivity index (χ4v) is 3.42. The Morgan fingerprint density at radius 3 is 2.14 bits per heavy atom. The number of nitrogens with zero attached hydrogens (tertiary/aromatic N) is 4. The van der Waals surface area contributed by atoms with Gasteiger partial charge in [-0.3, -0.25) is 19.7 Å². The van der Waals surface area contributed by atoms with E-state index in [1.807, 2.05) is 24.3 Å². The highest BCUT2D eigenvalue weighted by molar-refractivity contribution is 9.10. The van der Waals surface area contributed by atoms with Crippen LogP contribution in [0.5, 0.6) is 0 Å². The van der Waals surface area contributed by atoms with Gasteiger partial charge in [-0.05, 0) is 42.5 Å². The van der Waals surface area contributed by atoms with Gasteiger partial charge in [0.2, 0.25) is 0 Å². The van der Waals surface area contributed by atoms with Gasteiger partial charge in [0.1, 0.15) is 5.69 Å². The predicted octanol–water partition coefficient (Wildman–Crippen LogP) is 2.83. The van der Waals surface area contributed by atoms with Crippen LogP contribution in [-0.4, -0.2) is 63.0 Å². The third-order valence-electron chi connectivity index (χ3n) is 4.73. The number of hydrogen-bond donors (Lipinski definition) is 1. The molecular formula is C20H18BrN5O2. The molecule has 28 heavy (non-hydrogen) atoms. The molecule has 1 aromatic carbocycles. The van der Waals surface area contributed by atoms with Gasteiger partial charge in [-0.2, -0.15) is 5.10 Å². The van der Waals surface area contributed by atoms with E-state index in [0.717, 1.165) is 10.0 Å². The van der Waals surface area contributed by atoms with Crippen molar-refractivity contribution in [2.45, 2.75) is 0 Å². The van der Waals surface area contributed by atoms with E-state index in [9.17, 15) is 9.59 Å². The molecule has 1 aliphatic rings. The van der Waals surface area contributed by atoms with Gasteiger partial charge in [-0.15, -0.1) is 0 Å². The molecule has 0 spiro atoms. The summed E-state index contributed by atoms with van der Waals surface area (Å²) in [6, 6.07) is 12.7. The van der Waals surface area contributed by atoms with Crippen molar-refractivity contribution in [3.8, 4) is 11.3 Å². The first kappa shape index (κ1) is 18.4. The van der Waals surface area contributed by atoms with Crippen LogP contribution >= 0.6 is 15.9 Å². The number of aromatic amines is 1. The number of H-pyrrole nitrogens is 1. The lowest BCUT2D eigenvalue weighted by molar-refractivity contribution is 0.0532. The molecule has 1 fully saturated rings. The molecule has 1 saturated heterocycles. The summed E-state index contributed by atoms with van der Waals surface area (Å²) in [7, 11) is 0. The zero-order valence-corrected chi connectivity index (χ0v) is 16.6. The number of piperazine rings is 1. The molecule has 8 heteroatoms. The molecule has 0 radical (unpaired) electrons. The molecule has 0 unspecified atom stereocenters. The summed E-state index contributed by atoms with van der Waals surface area (Å²) < 4.78 is 0.935. The Labute approximate surface area is 170 Å². The molecule has 2 aromatic heterocycles. The molecule has 4 rings (SSSR count). The summed E-state index contributed by atoms with van der Waals surface area (Å²) in [4.78, 5) is 32.9. The van der Waals surface area contributed by atoms with Gasteiger partial charge in [-0.1, -0.05) is 15.9 Å². The van der Waals surface area contributed by atoms with Crippen LogP contribution in [0.3, 0.4) is 0 Å². The van der Waals surface area contributed by atoms with Crippen LogP contribution in [0.25, 0.3) is 11.3 Å². The van der Waals surface area contributed by atoms with Crippen molar-refractivity contribution in [2.75, 3.05) is 26.2 Å². The standard InChI is InChI=1S/C20H18BrN5O2/c21-16-3-1-15(2-4-16)19(27)25-9-11-26(12-10-25)20(28)18-13-17(23-24-18)14-5-7-22-8-6-14/h1-8,13H,9-12H2,(H,23,24). The second kappa shape index (κ2) is 7.93. The largest absolute Gasteiger partial charge is 0.335 e. The maximum absolute atomic E-state index is 12.8. The van der Waals surface area contributed by atoms with Crippen molar-refractivity contribution in [1.29, 1.82) is 0 Å². The number of carbonyl (C=O) groups is 2. The number of nitrogens with one attached hydrogen (secondary N) is 1. The number of halogens is 1. The molecule has 0 bridgehead atoms. The molecule has 1 N–H and O–H groups in total. The van der Waals surface area contributed by atoms with Gasteiger partial charge >= 0.3 is 0 Å². The van der Waals surface area contributed by atoms with Gasteiger partial charge in [-0.25, -0.2) is 0 Å². The maximum Gasteiger partial charge on any atom is 0.272 e. The highest BCUT2D eigenvalue weighted by Gasteiger charge is 2.26. The molecule has 3 aromatic rings. The van der Waals surface area contributed by atoms with E-state index < -0.39 is 0 Å². The topological polar surface area (TPSA) is 82.2 Å². The Bertz CT molecular complexity index is 979. The van der Waals surface area contributed by atoms with Crippen LogP contribution < -0.4 is 0 Å². The lowest BCUT2D eigenvalue weighted by Gasteiger charge is -2.34. The van der Waals surface area contributed by atoms with Crippen LogP contribution in [0.15, 0.2) is 59.3 Å². The molecule has 2 amide bonds. The summed E-state index contributed by atoms with van der Waals surface area (Å²) in [6.07, 6.45) is 3.38. The SMILES string of the molecule is O=C(c1ccc(Br)cc1)N1CCN(C(=O)c2cc(-c3ccncc3)n[nH]2)CC1. The first-order valence-electron chi connectivity index (χ1n) is 8.92. The number of benzene rings is 1. The van der Waals surface area contributed by atoms with Gasteiger partial charge in [0.25, 0.3) is 11.8 Å². The number of aromatic nitrogens is 3. The van der Waals surface area contributed by atoms with Crippen molar-refractivity contribution in [1.82, 2.24) is 25.0 Å². The molecule has 0 atom stereocenters. The van der Waals surface area contributed by atoms with Crippen molar-refractivity contribution < 1.29 is 9.59 Å². The molecular weight excluding hydrogens is 422 g/mol. The average molecular weight is 440 g/mol. The quantitative estimate of drug-likeness (QED) is 0.679. The van der Waals surface area contributed by atoms with E-state index in [1.165, 1.54) is 0 Å². The highest BCUT2D eigenvalue weighted by Crippen LogP contribution is 2.18. The molecule has 1 aliphatic heterocycles. The summed E-state index contributed by atoms with van der Waals surface area (Å²) in [5.41, 5.74) is 2.70. The van der Waals surface area contributed by atoms with E-state index in [4.69, 9.17) is 0 Å². The zero-order chi connectivity index (χ0) is 19.5. The second-order valence-corrected chi connectivity index (χ2v) is 7.41. The maximum atomic E-state index is 12.8.